The number of nitrogens with one attached hydrogen (secondary N) is 2. The van der Waals surface area contributed by atoms with E-state index in [1.807, 2.05) is 24.8 Å². The van der Waals surface area contributed by atoms with Gasteiger partial charge in [0.2, 0.25) is 11.8 Å². The molecule has 2 aromatic carbocycles. The number of carbonyl (C=O) groups excluding carboxylic acids is 5. The van der Waals surface area contributed by atoms with Crippen molar-refractivity contribution < 1.29 is 47.0 Å². The van der Waals surface area contributed by atoms with Crippen molar-refractivity contribution in [1.82, 2.24) is 15.1 Å². The first-order chi connectivity index (χ1) is 32.8. The summed E-state index contributed by atoms with van der Waals surface area (Å²) in [7, 11) is -3.60. The molecule has 15 nitrogen and oxygen atoms in total. The molecule has 2 N–H and O–H groups in total. The predicted molar refractivity (Wildman–Crippen MR) is 278 cm³/mol. The minimum atomic E-state index is -2.62. The number of anilines is 2. The van der Waals surface area contributed by atoms with Crippen LogP contribution in [-0.2, 0) is 30.1 Å². The van der Waals surface area contributed by atoms with E-state index in [-0.39, 0.29) is 52.1 Å². The molecule has 2 saturated heterocycles. The summed E-state index contributed by atoms with van der Waals surface area (Å²) in [5, 5.41) is 5.65. The van der Waals surface area contributed by atoms with E-state index in [0.717, 1.165) is 12.8 Å². The lowest BCUT2D eigenvalue weighted by Crippen LogP contribution is -2.58. The van der Waals surface area contributed by atoms with Gasteiger partial charge in [0.25, 0.3) is 14.2 Å². The van der Waals surface area contributed by atoms with Crippen LogP contribution >= 0.6 is 0 Å². The van der Waals surface area contributed by atoms with E-state index in [0.29, 0.717) is 72.8 Å². The number of likely N-dealkylation sites (tertiary alicyclic amines) is 1. The molecule has 4 aliphatic rings. The van der Waals surface area contributed by atoms with Gasteiger partial charge in [0.05, 0.1) is 24.4 Å². The summed E-state index contributed by atoms with van der Waals surface area (Å²) in [5.41, 5.74) is 2.55. The van der Waals surface area contributed by atoms with Crippen LogP contribution in [0.2, 0.25) is 34.8 Å². The van der Waals surface area contributed by atoms with Crippen molar-refractivity contribution in [2.75, 3.05) is 37.0 Å². The molecule has 17 heteroatoms. The fourth-order valence-corrected chi connectivity index (χ4v) is 17.1. The van der Waals surface area contributed by atoms with Gasteiger partial charge in [-0.3, -0.25) is 19.3 Å². The first-order valence-electron chi connectivity index (χ1n) is 25.5. The number of rotatable bonds is 18. The highest BCUT2D eigenvalue weighted by atomic mass is 28.4. The Hall–Kier alpha value is -4.88. The fourth-order valence-electron chi connectivity index (χ4n) is 10.6. The Bertz CT molecular complexity index is 2240. The van der Waals surface area contributed by atoms with Crippen molar-refractivity contribution in [3.05, 3.63) is 60.2 Å². The number of fused-ring (bicyclic) bond motifs is 2. The highest BCUT2D eigenvalue weighted by Crippen LogP contribution is 2.58. The summed E-state index contributed by atoms with van der Waals surface area (Å²) >= 11 is 0. The van der Waals surface area contributed by atoms with Crippen LogP contribution in [0.25, 0.3) is 0 Å². The molecule has 1 aliphatic carbocycles. The van der Waals surface area contributed by atoms with Crippen LogP contribution in [0.3, 0.4) is 0 Å². The lowest BCUT2D eigenvalue weighted by atomic mass is 9.97. The van der Waals surface area contributed by atoms with Crippen molar-refractivity contribution in [3.63, 3.8) is 0 Å². The van der Waals surface area contributed by atoms with Crippen molar-refractivity contribution in [2.24, 2.45) is 11.3 Å². The second kappa shape index (κ2) is 21.5. The van der Waals surface area contributed by atoms with Gasteiger partial charge in [-0.15, -0.1) is 0 Å². The van der Waals surface area contributed by atoms with Gasteiger partial charge in [0.1, 0.15) is 31.0 Å². The smallest absolute Gasteiger partial charge is 0.416 e. The topological polar surface area (TPSA) is 165 Å². The summed E-state index contributed by atoms with van der Waals surface area (Å²) in [4.78, 5) is 75.2. The number of amides is 5. The number of benzene rings is 2. The Labute approximate surface area is 419 Å². The van der Waals surface area contributed by atoms with Crippen LogP contribution in [0, 0.1) is 11.3 Å². The van der Waals surface area contributed by atoms with E-state index in [1.165, 1.54) is 11.0 Å². The summed E-state index contributed by atoms with van der Waals surface area (Å²) in [5.74, 6) is -0.275. The van der Waals surface area contributed by atoms with Crippen molar-refractivity contribution in [2.45, 2.75) is 180 Å². The van der Waals surface area contributed by atoms with E-state index < -0.39 is 65.0 Å². The van der Waals surface area contributed by atoms with Gasteiger partial charge in [0.15, 0.2) is 20.3 Å². The molecule has 0 bridgehead atoms. The maximum Gasteiger partial charge on any atom is 0.416 e. The average molecular weight is 1000 g/mol. The molecule has 386 valence electrons. The molecule has 5 amide bonds. The molecule has 6 rings (SSSR count). The van der Waals surface area contributed by atoms with E-state index in [4.69, 9.17) is 23.1 Å². The molecule has 0 radical (unpaired) electrons. The van der Waals surface area contributed by atoms with Crippen molar-refractivity contribution in [3.8, 4) is 11.5 Å². The molecule has 2 aromatic rings. The zero-order valence-corrected chi connectivity index (χ0v) is 46.4. The molecule has 5 atom stereocenters. The minimum absolute atomic E-state index is 0.0118. The predicted octanol–water partition coefficient (Wildman–Crippen LogP) is 11.0. The largest absolute Gasteiger partial charge is 0.540 e. The number of nitrogens with zero attached hydrogens (tertiary/aromatic N) is 3. The van der Waals surface area contributed by atoms with Gasteiger partial charge in [-0.05, 0) is 102 Å². The number of methoxy groups -OCH3 is 1. The van der Waals surface area contributed by atoms with Crippen LogP contribution < -0.4 is 24.7 Å². The summed E-state index contributed by atoms with van der Waals surface area (Å²) < 4.78 is 32.1. The van der Waals surface area contributed by atoms with Crippen LogP contribution in [-0.4, -0.2) is 108 Å². The van der Waals surface area contributed by atoms with E-state index in [9.17, 15) is 14.4 Å². The Morgan fingerprint density at radius 2 is 1.57 bits per heavy atom. The molecular formula is C53H81N5O10Si2. The third kappa shape index (κ3) is 11.1. The second-order valence-corrected chi connectivity index (χ2v) is 32.7. The van der Waals surface area contributed by atoms with Crippen LogP contribution in [0.1, 0.15) is 131 Å². The standard InChI is InChI=1S/C53H81N5O10Si2/c1-16-27-65-50(62)56-26-18-19-40(56)46(59)55-45(36(9)17-2)47(60)54-38-22-20-37(21-23-38)31-66-51(63)58-41-29-44(67-70(33(3)4,34(5)6)35(7)8)43(64-13)28-39(41)48(61)57-32-53(24-25-53)30-42(57)49(58)68-69(14,15)52(10,11)12/h16,20-23,28-29,33-36,40,42,45,49H,1,17-19,24-27,30-32H2,2-15H3,(H,54,60)(H,55,59)/t36?,40-,42-,45?,49?/m0/s1. The SMILES string of the molecule is C=CCOC(=O)N1CCC[C@H]1C(=O)NC(C(=O)Nc1ccc(COC(=O)N2c3cc(O[Si](C(C)C)(C(C)C)C(C)C)c(OC)cc3C(=O)N3CC4(CC4)C[C@H]3C2O[Si](C)(C)C(C)(C)C)cc1)C(C)CC. The number of hydrogen-bond donors (Lipinski definition) is 2. The Balaban J connectivity index is 1.30. The van der Waals surface area contributed by atoms with Crippen LogP contribution in [0.4, 0.5) is 21.0 Å². The molecular weight excluding hydrogens is 923 g/mol. The maximum absolute atomic E-state index is 15.2. The van der Waals surface area contributed by atoms with Crippen LogP contribution in [0.5, 0.6) is 11.5 Å². The minimum Gasteiger partial charge on any atom is -0.540 e. The zero-order chi connectivity index (χ0) is 51.7. The molecule has 3 aliphatic heterocycles. The van der Waals surface area contributed by atoms with E-state index in [1.54, 1.807) is 42.3 Å². The van der Waals surface area contributed by atoms with Gasteiger partial charge in [-0.1, -0.05) is 107 Å². The third-order valence-corrected chi connectivity index (χ3v) is 26.5. The number of carbonyl (C=O) groups is 5. The fraction of sp³-hybridized carbons (Fsp3) is 0.642. The first-order valence-corrected chi connectivity index (χ1v) is 30.5. The van der Waals surface area contributed by atoms with E-state index in [2.05, 4.69) is 92.6 Å². The highest BCUT2D eigenvalue weighted by molar-refractivity contribution is 6.78. The Morgan fingerprint density at radius 3 is 2.13 bits per heavy atom. The number of hydrogen-bond acceptors (Lipinski definition) is 10. The molecule has 0 aromatic heterocycles. The quantitative estimate of drug-likeness (QED) is 0.108. The first kappa shape index (κ1) is 54.5. The van der Waals surface area contributed by atoms with Crippen molar-refractivity contribution in [1.29, 1.82) is 0 Å². The van der Waals surface area contributed by atoms with Gasteiger partial charge >= 0.3 is 12.2 Å². The van der Waals surface area contributed by atoms with Gasteiger partial charge in [-0.2, -0.15) is 0 Å². The lowest BCUT2D eigenvalue weighted by Gasteiger charge is -2.44. The van der Waals surface area contributed by atoms with Gasteiger partial charge in [0, 0.05) is 24.8 Å². The Kier molecular flexibility index (Phi) is 16.7. The van der Waals surface area contributed by atoms with Gasteiger partial charge in [-0.25, -0.2) is 14.5 Å². The molecule has 3 fully saturated rings. The third-order valence-electron chi connectivity index (χ3n) is 16.0. The Morgan fingerprint density at radius 1 is 0.929 bits per heavy atom. The molecule has 70 heavy (non-hydrogen) atoms. The zero-order valence-electron chi connectivity index (χ0n) is 44.4. The molecule has 3 unspecified atom stereocenters. The molecule has 1 spiro atoms. The molecule has 1 saturated carbocycles. The second-order valence-electron chi connectivity index (χ2n) is 22.6. The monoisotopic (exact) mass is 1000 g/mol. The average Bonchev–Trinajstić information content (AvgIpc) is 3.70. The highest BCUT2D eigenvalue weighted by Gasteiger charge is 2.60. The van der Waals surface area contributed by atoms with E-state index >= 15 is 9.59 Å². The summed E-state index contributed by atoms with van der Waals surface area (Å²) in [6, 6.07) is 8.52. The summed E-state index contributed by atoms with van der Waals surface area (Å²) in [6.45, 7) is 32.4. The van der Waals surface area contributed by atoms with Gasteiger partial charge < -0.3 is 38.6 Å². The number of ether oxygens (including phenoxy) is 3. The van der Waals surface area contributed by atoms with Crippen molar-refractivity contribution >= 4 is 57.9 Å². The summed E-state index contributed by atoms with van der Waals surface area (Å²) in [6.07, 6.45) is 3.82. The lowest BCUT2D eigenvalue weighted by molar-refractivity contribution is -0.130. The maximum atomic E-state index is 15.2. The normalized spacial score (nSPS) is 20.7. The van der Waals surface area contributed by atoms with Crippen LogP contribution in [0.15, 0.2) is 49.1 Å². The molecule has 3 heterocycles.